The summed E-state index contributed by atoms with van der Waals surface area (Å²) in [6.45, 7) is 5.14. The number of rotatable bonds is 4. The van der Waals surface area contributed by atoms with Gasteiger partial charge in [0.2, 0.25) is 0 Å². The molecule has 0 bridgehead atoms. The van der Waals surface area contributed by atoms with Crippen LogP contribution in [0.1, 0.15) is 29.7 Å². The second kappa shape index (κ2) is 6.06. The van der Waals surface area contributed by atoms with Crippen molar-refractivity contribution in [3.63, 3.8) is 0 Å². The zero-order valence-electron chi connectivity index (χ0n) is 12.5. The van der Waals surface area contributed by atoms with Crippen molar-refractivity contribution in [3.05, 3.63) is 77.6 Å². The summed E-state index contributed by atoms with van der Waals surface area (Å²) in [5.74, 6) is 0. The first-order chi connectivity index (χ1) is 10.2. The Hall–Kier alpha value is -2.19. The molecule has 0 saturated heterocycles. The molecule has 106 valence electrons. The third-order valence-electron chi connectivity index (χ3n) is 3.93. The highest BCUT2D eigenvalue weighted by molar-refractivity contribution is 5.84. The fourth-order valence-corrected chi connectivity index (χ4v) is 2.56. The number of hydrogen-bond donors (Lipinski definition) is 1. The van der Waals surface area contributed by atoms with E-state index in [-0.39, 0.29) is 0 Å². The lowest BCUT2D eigenvalue weighted by molar-refractivity contribution is 0.575. The predicted molar refractivity (Wildman–Crippen MR) is 88.2 cm³/mol. The minimum atomic E-state index is 0.324. The summed E-state index contributed by atoms with van der Waals surface area (Å²) in [7, 11) is 0. The van der Waals surface area contributed by atoms with E-state index in [1.165, 1.54) is 27.5 Å². The Bertz CT molecular complexity index is 727. The van der Waals surface area contributed by atoms with Crippen LogP contribution >= 0.6 is 0 Å². The summed E-state index contributed by atoms with van der Waals surface area (Å²) in [6, 6.07) is 17.4. The van der Waals surface area contributed by atoms with Crippen molar-refractivity contribution in [2.45, 2.75) is 26.4 Å². The van der Waals surface area contributed by atoms with Crippen LogP contribution in [0.25, 0.3) is 10.8 Å². The van der Waals surface area contributed by atoms with Crippen LogP contribution in [0.15, 0.2) is 60.9 Å². The van der Waals surface area contributed by atoms with Gasteiger partial charge in [0, 0.05) is 30.4 Å². The highest BCUT2D eigenvalue weighted by Gasteiger charge is 2.06. The van der Waals surface area contributed by atoms with Gasteiger partial charge in [0.1, 0.15) is 0 Å². The van der Waals surface area contributed by atoms with E-state index >= 15 is 0 Å². The molecule has 2 nitrogen and oxygen atoms in total. The molecular formula is C19H20N2. The number of benzene rings is 2. The molecule has 0 aliphatic rings. The second-order valence-corrected chi connectivity index (χ2v) is 5.53. The summed E-state index contributed by atoms with van der Waals surface area (Å²) in [5.41, 5.74) is 3.85. The standard InChI is InChI=1S/C19H20N2/c1-14-7-9-16(10-8-14)15(2)21-13-18-12-20-11-17-5-3-4-6-19(17)18/h3-12,15,21H,13H2,1-2H3/t15-/m0/s1. The van der Waals surface area contributed by atoms with Crippen LogP contribution in [0.2, 0.25) is 0 Å². The molecule has 0 aliphatic carbocycles. The van der Waals surface area contributed by atoms with Crippen LogP contribution < -0.4 is 5.32 Å². The van der Waals surface area contributed by atoms with E-state index in [1.807, 2.05) is 12.4 Å². The molecular weight excluding hydrogens is 256 g/mol. The summed E-state index contributed by atoms with van der Waals surface area (Å²) < 4.78 is 0. The van der Waals surface area contributed by atoms with E-state index in [1.54, 1.807) is 0 Å². The molecule has 0 amide bonds. The Morgan fingerprint density at radius 1 is 1.00 bits per heavy atom. The van der Waals surface area contributed by atoms with Crippen molar-refractivity contribution in [3.8, 4) is 0 Å². The first-order valence-corrected chi connectivity index (χ1v) is 7.35. The summed E-state index contributed by atoms with van der Waals surface area (Å²) in [4.78, 5) is 4.34. The number of nitrogens with one attached hydrogen (secondary N) is 1. The minimum Gasteiger partial charge on any atom is -0.306 e. The third kappa shape index (κ3) is 3.11. The van der Waals surface area contributed by atoms with Gasteiger partial charge in [-0.25, -0.2) is 0 Å². The van der Waals surface area contributed by atoms with Crippen molar-refractivity contribution in [1.82, 2.24) is 10.3 Å². The third-order valence-corrected chi connectivity index (χ3v) is 3.93. The Morgan fingerprint density at radius 2 is 1.76 bits per heavy atom. The number of aromatic nitrogens is 1. The van der Waals surface area contributed by atoms with Gasteiger partial charge in [-0.15, -0.1) is 0 Å². The molecule has 1 atom stereocenters. The Labute approximate surface area is 125 Å². The molecule has 2 aromatic carbocycles. The zero-order chi connectivity index (χ0) is 14.7. The molecule has 0 spiro atoms. The molecule has 0 aliphatic heterocycles. The smallest absolute Gasteiger partial charge is 0.0346 e. The Kier molecular flexibility index (Phi) is 3.98. The second-order valence-electron chi connectivity index (χ2n) is 5.53. The lowest BCUT2D eigenvalue weighted by atomic mass is 10.1. The van der Waals surface area contributed by atoms with Gasteiger partial charge in [0.25, 0.3) is 0 Å². The van der Waals surface area contributed by atoms with Crippen LogP contribution in [0.4, 0.5) is 0 Å². The van der Waals surface area contributed by atoms with E-state index < -0.39 is 0 Å². The lowest BCUT2D eigenvalue weighted by Crippen LogP contribution is -2.18. The van der Waals surface area contributed by atoms with Gasteiger partial charge in [0.15, 0.2) is 0 Å². The molecule has 0 radical (unpaired) electrons. The largest absolute Gasteiger partial charge is 0.306 e. The monoisotopic (exact) mass is 276 g/mol. The highest BCUT2D eigenvalue weighted by atomic mass is 14.9. The highest BCUT2D eigenvalue weighted by Crippen LogP contribution is 2.19. The maximum absolute atomic E-state index is 4.34. The van der Waals surface area contributed by atoms with E-state index in [0.29, 0.717) is 6.04 Å². The lowest BCUT2D eigenvalue weighted by Gasteiger charge is -2.15. The van der Waals surface area contributed by atoms with Crippen LogP contribution in [-0.4, -0.2) is 4.98 Å². The van der Waals surface area contributed by atoms with Crippen LogP contribution in [0.5, 0.6) is 0 Å². The van der Waals surface area contributed by atoms with Gasteiger partial charge >= 0.3 is 0 Å². The van der Waals surface area contributed by atoms with Gasteiger partial charge in [-0.3, -0.25) is 4.98 Å². The van der Waals surface area contributed by atoms with Gasteiger partial charge < -0.3 is 5.32 Å². The maximum Gasteiger partial charge on any atom is 0.0346 e. The SMILES string of the molecule is Cc1ccc([C@H](C)NCc2cncc3ccccc23)cc1. The molecule has 3 aromatic rings. The van der Waals surface area contributed by atoms with E-state index in [0.717, 1.165) is 6.54 Å². The van der Waals surface area contributed by atoms with Crippen molar-refractivity contribution >= 4 is 10.8 Å². The number of pyridine rings is 1. The Balaban J connectivity index is 1.76. The summed E-state index contributed by atoms with van der Waals surface area (Å²) in [6.07, 6.45) is 3.87. The fraction of sp³-hybridized carbons (Fsp3) is 0.211. The molecule has 0 unspecified atom stereocenters. The zero-order valence-corrected chi connectivity index (χ0v) is 12.5. The van der Waals surface area contributed by atoms with Crippen LogP contribution in [0, 0.1) is 6.92 Å². The molecule has 0 fully saturated rings. The average molecular weight is 276 g/mol. The molecule has 1 aromatic heterocycles. The first kappa shape index (κ1) is 13.8. The van der Waals surface area contributed by atoms with Gasteiger partial charge in [-0.2, -0.15) is 0 Å². The van der Waals surface area contributed by atoms with Gasteiger partial charge in [0.05, 0.1) is 0 Å². The quantitative estimate of drug-likeness (QED) is 0.764. The van der Waals surface area contributed by atoms with Crippen molar-refractivity contribution in [2.24, 2.45) is 0 Å². The fourth-order valence-electron chi connectivity index (χ4n) is 2.56. The maximum atomic E-state index is 4.34. The van der Waals surface area contributed by atoms with E-state index in [2.05, 4.69) is 72.7 Å². The molecule has 2 heteroatoms. The number of aryl methyl sites for hydroxylation is 1. The summed E-state index contributed by atoms with van der Waals surface area (Å²) in [5, 5.41) is 6.06. The number of nitrogens with zero attached hydrogens (tertiary/aromatic N) is 1. The van der Waals surface area contributed by atoms with E-state index in [9.17, 15) is 0 Å². The van der Waals surface area contributed by atoms with Crippen LogP contribution in [0.3, 0.4) is 0 Å². The number of hydrogen-bond acceptors (Lipinski definition) is 2. The predicted octanol–water partition coefficient (Wildman–Crippen LogP) is 4.39. The average Bonchev–Trinajstić information content (AvgIpc) is 2.53. The topological polar surface area (TPSA) is 24.9 Å². The minimum absolute atomic E-state index is 0.324. The van der Waals surface area contributed by atoms with E-state index in [4.69, 9.17) is 0 Å². The molecule has 1 heterocycles. The normalized spacial score (nSPS) is 12.5. The molecule has 1 N–H and O–H groups in total. The van der Waals surface area contributed by atoms with Gasteiger partial charge in [-0.1, -0.05) is 54.1 Å². The van der Waals surface area contributed by atoms with Gasteiger partial charge in [-0.05, 0) is 30.4 Å². The first-order valence-electron chi connectivity index (χ1n) is 7.35. The number of fused-ring (bicyclic) bond motifs is 1. The molecule has 21 heavy (non-hydrogen) atoms. The Morgan fingerprint density at radius 3 is 2.57 bits per heavy atom. The molecule has 0 saturated carbocycles. The van der Waals surface area contributed by atoms with Crippen molar-refractivity contribution in [1.29, 1.82) is 0 Å². The van der Waals surface area contributed by atoms with Crippen molar-refractivity contribution in [2.75, 3.05) is 0 Å². The van der Waals surface area contributed by atoms with Crippen LogP contribution in [-0.2, 0) is 6.54 Å². The summed E-state index contributed by atoms with van der Waals surface area (Å²) >= 11 is 0. The van der Waals surface area contributed by atoms with Crippen molar-refractivity contribution < 1.29 is 0 Å². The molecule has 3 rings (SSSR count).